The molecule has 2 aromatic heterocycles. The monoisotopic (exact) mass is 434 g/mol. The van der Waals surface area contributed by atoms with Crippen molar-refractivity contribution < 1.29 is 14.0 Å². The highest BCUT2D eigenvalue weighted by Gasteiger charge is 2.36. The van der Waals surface area contributed by atoms with Gasteiger partial charge in [-0.25, -0.2) is 0 Å². The van der Waals surface area contributed by atoms with Crippen LogP contribution in [0.5, 0.6) is 0 Å². The van der Waals surface area contributed by atoms with Gasteiger partial charge < -0.3 is 14.6 Å². The molecule has 160 valence electrons. The minimum atomic E-state index is -0.345. The zero-order chi connectivity index (χ0) is 21.2. The number of nitrogens with one attached hydrogen (secondary N) is 1. The number of nitrogens with zero attached hydrogens (tertiary/aromatic N) is 1. The Morgan fingerprint density at radius 1 is 1.16 bits per heavy atom. The van der Waals surface area contributed by atoms with Gasteiger partial charge in [-0.2, -0.15) is 0 Å². The SMILES string of the molecule is O=C(NC(c1ccc2c(c1)CCCC2)c1cccs1)C1CC(=O)N(Cc2ccco2)C1. The van der Waals surface area contributed by atoms with Crippen LogP contribution in [-0.4, -0.2) is 23.3 Å². The van der Waals surface area contributed by atoms with Crippen LogP contribution in [0.15, 0.2) is 58.5 Å². The number of fused-ring (bicyclic) bond motifs is 1. The minimum absolute atomic E-state index is 0.00185. The van der Waals surface area contributed by atoms with Crippen molar-refractivity contribution in [2.45, 2.75) is 44.7 Å². The van der Waals surface area contributed by atoms with Gasteiger partial charge in [-0.05, 0) is 66.0 Å². The summed E-state index contributed by atoms with van der Waals surface area (Å²) in [5.74, 6) is 0.326. The zero-order valence-corrected chi connectivity index (χ0v) is 18.2. The molecule has 2 unspecified atom stereocenters. The number of thiophene rings is 1. The summed E-state index contributed by atoms with van der Waals surface area (Å²) in [6, 6.07) is 14.2. The lowest BCUT2D eigenvalue weighted by atomic mass is 9.89. The summed E-state index contributed by atoms with van der Waals surface area (Å²) in [6.07, 6.45) is 6.57. The second-order valence-corrected chi connectivity index (χ2v) is 9.43. The van der Waals surface area contributed by atoms with E-state index in [1.807, 2.05) is 23.6 Å². The summed E-state index contributed by atoms with van der Waals surface area (Å²) < 4.78 is 5.36. The van der Waals surface area contributed by atoms with E-state index in [0.29, 0.717) is 13.1 Å². The van der Waals surface area contributed by atoms with Crippen LogP contribution in [0.25, 0.3) is 0 Å². The third kappa shape index (κ3) is 4.30. The maximum Gasteiger partial charge on any atom is 0.226 e. The van der Waals surface area contributed by atoms with Crippen LogP contribution in [0.2, 0.25) is 0 Å². The van der Waals surface area contributed by atoms with E-state index < -0.39 is 0 Å². The molecule has 1 N–H and O–H groups in total. The van der Waals surface area contributed by atoms with Crippen molar-refractivity contribution in [3.05, 3.63) is 81.4 Å². The molecule has 3 heterocycles. The normalized spacial score (nSPS) is 19.3. The number of furan rings is 1. The van der Waals surface area contributed by atoms with E-state index in [1.165, 1.54) is 24.0 Å². The van der Waals surface area contributed by atoms with Crippen LogP contribution in [-0.2, 0) is 29.0 Å². The van der Waals surface area contributed by atoms with Crippen molar-refractivity contribution in [2.24, 2.45) is 5.92 Å². The van der Waals surface area contributed by atoms with Crippen molar-refractivity contribution >= 4 is 23.2 Å². The van der Waals surface area contributed by atoms with Gasteiger partial charge in [-0.15, -0.1) is 11.3 Å². The highest BCUT2D eigenvalue weighted by molar-refractivity contribution is 7.10. The quantitative estimate of drug-likeness (QED) is 0.622. The molecule has 1 aliphatic heterocycles. The third-order valence-electron chi connectivity index (χ3n) is 6.33. The van der Waals surface area contributed by atoms with E-state index in [9.17, 15) is 9.59 Å². The number of aryl methyl sites for hydroxylation is 2. The Morgan fingerprint density at radius 3 is 2.81 bits per heavy atom. The number of carbonyl (C=O) groups excluding carboxylic acids is 2. The minimum Gasteiger partial charge on any atom is -0.467 e. The predicted octanol–water partition coefficient (Wildman–Crippen LogP) is 4.47. The second kappa shape index (κ2) is 8.71. The largest absolute Gasteiger partial charge is 0.467 e. The number of rotatable bonds is 6. The summed E-state index contributed by atoms with van der Waals surface area (Å²) in [5, 5.41) is 5.29. The van der Waals surface area contributed by atoms with Gasteiger partial charge in [0.05, 0.1) is 24.8 Å². The van der Waals surface area contributed by atoms with Crippen molar-refractivity contribution in [1.29, 1.82) is 0 Å². The first-order chi connectivity index (χ1) is 15.2. The van der Waals surface area contributed by atoms with Gasteiger partial charge >= 0.3 is 0 Å². The zero-order valence-electron chi connectivity index (χ0n) is 17.4. The number of likely N-dealkylation sites (tertiary alicyclic amines) is 1. The van der Waals surface area contributed by atoms with Crippen LogP contribution in [0.4, 0.5) is 0 Å². The second-order valence-electron chi connectivity index (χ2n) is 8.45. The summed E-state index contributed by atoms with van der Waals surface area (Å²) in [7, 11) is 0. The fraction of sp³-hybridized carbons (Fsp3) is 0.360. The molecule has 5 rings (SSSR count). The molecule has 0 radical (unpaired) electrons. The summed E-state index contributed by atoms with van der Waals surface area (Å²) >= 11 is 1.65. The van der Waals surface area contributed by atoms with Crippen LogP contribution < -0.4 is 5.32 Å². The molecular weight excluding hydrogens is 408 g/mol. The van der Waals surface area contributed by atoms with Crippen LogP contribution in [0.1, 0.15) is 52.6 Å². The molecule has 3 aromatic rings. The Kier molecular flexibility index (Phi) is 5.64. The lowest BCUT2D eigenvalue weighted by Crippen LogP contribution is -2.35. The van der Waals surface area contributed by atoms with E-state index in [0.717, 1.165) is 29.0 Å². The van der Waals surface area contributed by atoms with Gasteiger partial charge in [0, 0.05) is 17.8 Å². The number of amides is 2. The summed E-state index contributed by atoms with van der Waals surface area (Å²) in [5.41, 5.74) is 3.95. The molecule has 0 spiro atoms. The molecule has 5 nitrogen and oxygen atoms in total. The van der Waals surface area contributed by atoms with Crippen molar-refractivity contribution in [3.63, 3.8) is 0 Å². The highest BCUT2D eigenvalue weighted by Crippen LogP contribution is 2.31. The van der Waals surface area contributed by atoms with Gasteiger partial charge in [-0.3, -0.25) is 9.59 Å². The number of carbonyl (C=O) groups is 2. The molecule has 2 aliphatic rings. The maximum atomic E-state index is 13.2. The third-order valence-corrected chi connectivity index (χ3v) is 7.27. The fourth-order valence-corrected chi connectivity index (χ4v) is 5.46. The molecule has 0 bridgehead atoms. The number of hydrogen-bond donors (Lipinski definition) is 1. The Balaban J connectivity index is 1.33. The Hall–Kier alpha value is -2.86. The van der Waals surface area contributed by atoms with Gasteiger partial charge in [0.1, 0.15) is 5.76 Å². The number of hydrogen-bond acceptors (Lipinski definition) is 4. The van der Waals surface area contributed by atoms with Crippen molar-refractivity contribution in [2.75, 3.05) is 6.54 Å². The van der Waals surface area contributed by atoms with Gasteiger partial charge in [0.2, 0.25) is 11.8 Å². The lowest BCUT2D eigenvalue weighted by Gasteiger charge is -2.23. The van der Waals surface area contributed by atoms with Crippen LogP contribution in [0, 0.1) is 5.92 Å². The molecule has 2 amide bonds. The lowest BCUT2D eigenvalue weighted by molar-refractivity contribution is -0.129. The standard InChI is InChI=1S/C25H26N2O3S/c28-23-14-20(15-27(23)16-21-7-3-11-30-21)25(29)26-24(22-8-4-12-31-22)19-10-9-17-5-1-2-6-18(17)13-19/h3-4,7-13,20,24H,1-2,5-6,14-16H2,(H,26,29). The van der Waals surface area contributed by atoms with E-state index >= 15 is 0 Å². The summed E-state index contributed by atoms with van der Waals surface area (Å²) in [4.78, 5) is 28.5. The molecule has 1 saturated heterocycles. The molecule has 0 saturated carbocycles. The molecule has 1 aromatic carbocycles. The first-order valence-electron chi connectivity index (χ1n) is 10.9. The average molecular weight is 435 g/mol. The maximum absolute atomic E-state index is 13.2. The van der Waals surface area contributed by atoms with Gasteiger partial charge in [0.25, 0.3) is 0 Å². The average Bonchev–Trinajstić information content (AvgIpc) is 3.55. The number of benzene rings is 1. The molecule has 1 aliphatic carbocycles. The van der Waals surface area contributed by atoms with E-state index in [4.69, 9.17) is 4.42 Å². The summed E-state index contributed by atoms with van der Waals surface area (Å²) in [6.45, 7) is 0.835. The molecule has 6 heteroatoms. The van der Waals surface area contributed by atoms with Crippen molar-refractivity contribution in [1.82, 2.24) is 10.2 Å². The van der Waals surface area contributed by atoms with Gasteiger partial charge in [-0.1, -0.05) is 24.3 Å². The first kappa shape index (κ1) is 20.1. The molecule has 1 fully saturated rings. The Bertz CT molecular complexity index is 1060. The van der Waals surface area contributed by atoms with Crippen LogP contribution >= 0.6 is 11.3 Å². The Morgan fingerprint density at radius 2 is 2.03 bits per heavy atom. The molecular formula is C25H26N2O3S. The van der Waals surface area contributed by atoms with Crippen LogP contribution in [0.3, 0.4) is 0 Å². The van der Waals surface area contributed by atoms with E-state index in [1.54, 1.807) is 22.5 Å². The van der Waals surface area contributed by atoms with Crippen molar-refractivity contribution in [3.8, 4) is 0 Å². The van der Waals surface area contributed by atoms with Gasteiger partial charge in [0.15, 0.2) is 0 Å². The predicted molar refractivity (Wildman–Crippen MR) is 120 cm³/mol. The topological polar surface area (TPSA) is 62.6 Å². The molecule has 2 atom stereocenters. The smallest absolute Gasteiger partial charge is 0.226 e. The fourth-order valence-electron chi connectivity index (χ4n) is 4.66. The molecule has 31 heavy (non-hydrogen) atoms. The van der Waals surface area contributed by atoms with E-state index in [-0.39, 0.29) is 30.2 Å². The Labute approximate surface area is 186 Å². The van der Waals surface area contributed by atoms with E-state index in [2.05, 4.69) is 29.6 Å². The first-order valence-corrected chi connectivity index (χ1v) is 11.8. The highest BCUT2D eigenvalue weighted by atomic mass is 32.1.